The first-order valence-corrected chi connectivity index (χ1v) is 7.92. The van der Waals surface area contributed by atoms with Gasteiger partial charge in [-0.2, -0.15) is 4.98 Å². The summed E-state index contributed by atoms with van der Waals surface area (Å²) in [4.78, 5) is 31.2. The molecule has 0 fully saturated rings. The highest BCUT2D eigenvalue weighted by atomic mass is 32.2. The van der Waals surface area contributed by atoms with Crippen LogP contribution >= 0.6 is 11.8 Å². The van der Waals surface area contributed by atoms with Crippen molar-refractivity contribution >= 4 is 17.7 Å². The molecular weight excluding hydrogens is 300 g/mol. The number of thioether (sulfide) groups is 1. The quantitative estimate of drug-likeness (QED) is 0.647. The maximum atomic E-state index is 11.9. The third-order valence-electron chi connectivity index (χ3n) is 2.91. The number of amides is 1. The third kappa shape index (κ3) is 4.70. The molecule has 2 aromatic rings. The van der Waals surface area contributed by atoms with Crippen LogP contribution in [0, 0.1) is 0 Å². The lowest BCUT2D eigenvalue weighted by Gasteiger charge is -2.14. The van der Waals surface area contributed by atoms with E-state index in [2.05, 4.69) is 15.3 Å². The lowest BCUT2D eigenvalue weighted by molar-refractivity contribution is -0.118. The predicted molar refractivity (Wildman–Crippen MR) is 85.7 cm³/mol. The number of aromatic nitrogens is 3. The topological polar surface area (TPSA) is 76.9 Å². The van der Waals surface area contributed by atoms with Gasteiger partial charge in [0.2, 0.25) is 5.91 Å². The SMILES string of the molecule is CC(C)n1ccc(=O)nc1SCC(=O)NCc1cccnc1. The van der Waals surface area contributed by atoms with E-state index in [1.54, 1.807) is 18.6 Å². The van der Waals surface area contributed by atoms with Crippen LogP contribution in [-0.2, 0) is 11.3 Å². The molecule has 0 aliphatic heterocycles. The molecule has 0 spiro atoms. The Hall–Kier alpha value is -2.15. The second kappa shape index (κ2) is 7.74. The van der Waals surface area contributed by atoms with E-state index in [0.717, 1.165) is 5.56 Å². The summed E-state index contributed by atoms with van der Waals surface area (Å²) in [7, 11) is 0. The number of hydrogen-bond acceptors (Lipinski definition) is 5. The molecule has 0 bridgehead atoms. The fourth-order valence-electron chi connectivity index (χ4n) is 1.78. The fourth-order valence-corrected chi connectivity index (χ4v) is 2.72. The largest absolute Gasteiger partial charge is 0.351 e. The Bertz CT molecular complexity index is 685. The van der Waals surface area contributed by atoms with Crippen molar-refractivity contribution in [1.82, 2.24) is 19.9 Å². The van der Waals surface area contributed by atoms with Crippen LogP contribution < -0.4 is 10.9 Å². The van der Waals surface area contributed by atoms with Crippen LogP contribution in [0.3, 0.4) is 0 Å². The molecule has 0 unspecified atom stereocenters. The summed E-state index contributed by atoms with van der Waals surface area (Å²) in [6.07, 6.45) is 5.10. The molecule has 2 aromatic heterocycles. The van der Waals surface area contributed by atoms with Gasteiger partial charge in [0.25, 0.3) is 5.56 Å². The number of rotatable bonds is 6. The van der Waals surface area contributed by atoms with Crippen molar-refractivity contribution in [2.24, 2.45) is 0 Å². The molecule has 0 saturated heterocycles. The van der Waals surface area contributed by atoms with Crippen molar-refractivity contribution in [2.45, 2.75) is 31.6 Å². The van der Waals surface area contributed by atoms with E-state index >= 15 is 0 Å². The van der Waals surface area contributed by atoms with Crippen molar-refractivity contribution in [3.63, 3.8) is 0 Å². The summed E-state index contributed by atoms with van der Waals surface area (Å²) in [6, 6.07) is 5.32. The number of carbonyl (C=O) groups excluding carboxylic acids is 1. The van der Waals surface area contributed by atoms with Crippen LogP contribution in [0.25, 0.3) is 0 Å². The average Bonchev–Trinajstić information content (AvgIpc) is 2.51. The Kier molecular flexibility index (Phi) is 5.71. The van der Waals surface area contributed by atoms with E-state index in [4.69, 9.17) is 0 Å². The second-order valence-corrected chi connectivity index (χ2v) is 5.92. The number of nitrogens with one attached hydrogen (secondary N) is 1. The van der Waals surface area contributed by atoms with Crippen LogP contribution in [0.5, 0.6) is 0 Å². The van der Waals surface area contributed by atoms with Gasteiger partial charge in [-0.1, -0.05) is 17.8 Å². The van der Waals surface area contributed by atoms with Gasteiger partial charge in [0.1, 0.15) is 0 Å². The van der Waals surface area contributed by atoms with Gasteiger partial charge in [-0.25, -0.2) is 0 Å². The zero-order chi connectivity index (χ0) is 15.9. The summed E-state index contributed by atoms with van der Waals surface area (Å²) in [5, 5.41) is 3.37. The van der Waals surface area contributed by atoms with Gasteiger partial charge >= 0.3 is 0 Å². The van der Waals surface area contributed by atoms with Gasteiger partial charge in [0, 0.05) is 37.2 Å². The molecule has 1 amide bonds. The van der Waals surface area contributed by atoms with E-state index < -0.39 is 0 Å². The number of pyridine rings is 1. The van der Waals surface area contributed by atoms with E-state index in [9.17, 15) is 9.59 Å². The monoisotopic (exact) mass is 318 g/mol. The minimum absolute atomic E-state index is 0.109. The van der Waals surface area contributed by atoms with Gasteiger partial charge < -0.3 is 9.88 Å². The highest BCUT2D eigenvalue weighted by Gasteiger charge is 2.09. The number of carbonyl (C=O) groups is 1. The maximum Gasteiger partial charge on any atom is 0.273 e. The van der Waals surface area contributed by atoms with E-state index in [1.165, 1.54) is 17.8 Å². The molecule has 6 nitrogen and oxygen atoms in total. The van der Waals surface area contributed by atoms with Crippen molar-refractivity contribution in [1.29, 1.82) is 0 Å². The highest BCUT2D eigenvalue weighted by molar-refractivity contribution is 7.99. The first-order valence-electron chi connectivity index (χ1n) is 6.94. The minimum atomic E-state index is -0.296. The summed E-state index contributed by atoms with van der Waals surface area (Å²) >= 11 is 1.26. The normalized spacial score (nSPS) is 10.7. The van der Waals surface area contributed by atoms with E-state index in [0.29, 0.717) is 11.7 Å². The predicted octanol–water partition coefficient (Wildman–Crippen LogP) is 1.63. The van der Waals surface area contributed by atoms with Crippen molar-refractivity contribution in [2.75, 3.05) is 5.75 Å². The molecular formula is C15H18N4O2S. The summed E-state index contributed by atoms with van der Waals surface area (Å²) < 4.78 is 1.88. The molecule has 22 heavy (non-hydrogen) atoms. The van der Waals surface area contributed by atoms with Crippen LogP contribution in [-0.4, -0.2) is 26.2 Å². The molecule has 116 valence electrons. The van der Waals surface area contributed by atoms with Crippen molar-refractivity contribution in [3.05, 3.63) is 52.7 Å². The van der Waals surface area contributed by atoms with Gasteiger partial charge in [0.15, 0.2) is 5.16 Å². The van der Waals surface area contributed by atoms with Crippen LogP contribution in [0.1, 0.15) is 25.5 Å². The zero-order valence-corrected chi connectivity index (χ0v) is 13.3. The molecule has 0 aliphatic carbocycles. The Morgan fingerprint density at radius 3 is 2.91 bits per heavy atom. The first kappa shape index (κ1) is 16.2. The van der Waals surface area contributed by atoms with Crippen molar-refractivity contribution < 1.29 is 4.79 Å². The minimum Gasteiger partial charge on any atom is -0.351 e. The Morgan fingerprint density at radius 1 is 1.41 bits per heavy atom. The van der Waals surface area contributed by atoms with Gasteiger partial charge in [0.05, 0.1) is 5.75 Å². The smallest absolute Gasteiger partial charge is 0.273 e. The first-order chi connectivity index (χ1) is 10.6. The molecule has 0 aliphatic rings. The van der Waals surface area contributed by atoms with Gasteiger partial charge in [-0.15, -0.1) is 0 Å². The lowest BCUT2D eigenvalue weighted by atomic mass is 10.3. The Balaban J connectivity index is 1.91. The molecule has 0 atom stereocenters. The lowest BCUT2D eigenvalue weighted by Crippen LogP contribution is -2.25. The van der Waals surface area contributed by atoms with Crippen molar-refractivity contribution in [3.8, 4) is 0 Å². The molecule has 1 N–H and O–H groups in total. The van der Waals surface area contributed by atoms with Crippen LogP contribution in [0.15, 0.2) is 46.7 Å². The van der Waals surface area contributed by atoms with Crippen LogP contribution in [0.4, 0.5) is 0 Å². The molecule has 0 radical (unpaired) electrons. The summed E-state index contributed by atoms with van der Waals surface area (Å²) in [6.45, 7) is 4.43. The molecule has 0 saturated carbocycles. The fraction of sp³-hybridized carbons (Fsp3) is 0.333. The van der Waals surface area contributed by atoms with E-state index in [-0.39, 0.29) is 23.3 Å². The molecule has 0 aromatic carbocycles. The van der Waals surface area contributed by atoms with Gasteiger partial charge in [-0.05, 0) is 25.5 Å². The molecule has 2 rings (SSSR count). The number of nitrogens with zero attached hydrogens (tertiary/aromatic N) is 3. The Labute approximate surface area is 133 Å². The second-order valence-electron chi connectivity index (χ2n) is 4.98. The third-order valence-corrected chi connectivity index (χ3v) is 3.87. The van der Waals surface area contributed by atoms with Crippen LogP contribution in [0.2, 0.25) is 0 Å². The summed E-state index contributed by atoms with van der Waals surface area (Å²) in [5.74, 6) is 0.103. The van der Waals surface area contributed by atoms with E-state index in [1.807, 2.05) is 30.5 Å². The molecule has 2 heterocycles. The Morgan fingerprint density at radius 2 is 2.23 bits per heavy atom. The maximum absolute atomic E-state index is 11.9. The zero-order valence-electron chi connectivity index (χ0n) is 12.5. The summed E-state index contributed by atoms with van der Waals surface area (Å²) in [5.41, 5.74) is 0.646. The number of hydrogen-bond donors (Lipinski definition) is 1. The van der Waals surface area contributed by atoms with Gasteiger partial charge in [-0.3, -0.25) is 14.6 Å². The average molecular weight is 318 g/mol. The highest BCUT2D eigenvalue weighted by Crippen LogP contribution is 2.17. The molecule has 7 heteroatoms. The standard InChI is InChI=1S/C15H18N4O2S/c1-11(2)19-7-5-13(20)18-15(19)22-10-14(21)17-9-12-4-3-6-16-8-12/h3-8,11H,9-10H2,1-2H3,(H,17,21).